The highest BCUT2D eigenvalue weighted by molar-refractivity contribution is 6.31. The number of carbonyl (C=O) groups is 2. The summed E-state index contributed by atoms with van der Waals surface area (Å²) in [6.45, 7) is 5.39. The van der Waals surface area contributed by atoms with Gasteiger partial charge in [0.25, 0.3) is 0 Å². The maximum atomic E-state index is 12.9. The van der Waals surface area contributed by atoms with Gasteiger partial charge in [0.15, 0.2) is 0 Å². The zero-order valence-corrected chi connectivity index (χ0v) is 16.0. The van der Waals surface area contributed by atoms with Gasteiger partial charge in [0.1, 0.15) is 0 Å². The highest BCUT2D eigenvalue weighted by Crippen LogP contribution is 2.31. The van der Waals surface area contributed by atoms with Crippen LogP contribution in [0, 0.1) is 5.92 Å². The number of ether oxygens (including phenoxy) is 1. The number of fused-ring (bicyclic) bond motifs is 1. The van der Waals surface area contributed by atoms with E-state index in [0.29, 0.717) is 28.8 Å². The molecular formula is C21H24ClNO3. The summed E-state index contributed by atoms with van der Waals surface area (Å²) in [5.74, 6) is -0.0595. The second-order valence-corrected chi connectivity index (χ2v) is 7.62. The van der Waals surface area contributed by atoms with E-state index in [1.807, 2.05) is 10.6 Å². The molecule has 2 heterocycles. The Bertz CT molecular complexity index is 809. The maximum Gasteiger partial charge on any atom is 0.314 e. The fourth-order valence-electron chi connectivity index (χ4n) is 3.35. The fourth-order valence-corrected chi connectivity index (χ4v) is 3.54. The van der Waals surface area contributed by atoms with Gasteiger partial charge < -0.3 is 9.30 Å². The lowest BCUT2D eigenvalue weighted by molar-refractivity contribution is -0.146. The average molecular weight is 374 g/mol. The van der Waals surface area contributed by atoms with E-state index in [1.54, 1.807) is 30.3 Å². The summed E-state index contributed by atoms with van der Waals surface area (Å²) >= 11 is 6.01. The normalized spacial score (nSPS) is 16.4. The lowest BCUT2D eigenvalue weighted by atomic mass is 9.96. The van der Waals surface area contributed by atoms with Crippen LogP contribution in [0.1, 0.15) is 60.8 Å². The lowest BCUT2D eigenvalue weighted by Gasteiger charge is -2.25. The Labute approximate surface area is 159 Å². The van der Waals surface area contributed by atoms with Gasteiger partial charge in [0, 0.05) is 22.8 Å². The highest BCUT2D eigenvalue weighted by Gasteiger charge is 2.30. The van der Waals surface area contributed by atoms with Crippen LogP contribution in [0.5, 0.6) is 0 Å². The Morgan fingerprint density at radius 2 is 2.08 bits per heavy atom. The third kappa shape index (κ3) is 4.01. The molecular weight excluding hydrogens is 350 g/mol. The van der Waals surface area contributed by atoms with Gasteiger partial charge in [0.05, 0.1) is 18.2 Å². The van der Waals surface area contributed by atoms with Gasteiger partial charge in [0.2, 0.25) is 5.78 Å². The molecule has 3 rings (SSSR count). The smallest absolute Gasteiger partial charge is 0.314 e. The first-order valence-corrected chi connectivity index (χ1v) is 9.51. The average Bonchev–Trinajstić information content (AvgIpc) is 3.04. The number of benzene rings is 1. The fraction of sp³-hybridized carbons (Fsp3) is 0.429. The SMILES string of the molecule is CC(C)CCOC(=O)C1CCCn2c(C(=O)c3cccc(Cl)c3)ccc21. The quantitative estimate of drug-likeness (QED) is 0.537. The number of esters is 1. The van der Waals surface area contributed by atoms with Crippen LogP contribution in [-0.4, -0.2) is 22.9 Å². The minimum absolute atomic E-state index is 0.0763. The van der Waals surface area contributed by atoms with Crippen LogP contribution < -0.4 is 0 Å². The predicted molar refractivity (Wildman–Crippen MR) is 102 cm³/mol. The van der Waals surface area contributed by atoms with E-state index in [9.17, 15) is 9.59 Å². The summed E-state index contributed by atoms with van der Waals surface area (Å²) in [5, 5.41) is 0.535. The number of nitrogens with zero attached hydrogens (tertiary/aromatic N) is 1. The molecule has 26 heavy (non-hydrogen) atoms. The molecule has 1 aliphatic rings. The molecule has 0 fully saturated rings. The molecule has 0 aliphatic carbocycles. The third-order valence-electron chi connectivity index (χ3n) is 4.79. The maximum absolute atomic E-state index is 12.9. The number of aromatic nitrogens is 1. The molecule has 5 heteroatoms. The summed E-state index contributed by atoms with van der Waals surface area (Å²) < 4.78 is 7.42. The molecule has 0 amide bonds. The van der Waals surface area contributed by atoms with Crippen molar-refractivity contribution in [2.45, 2.75) is 45.6 Å². The summed E-state index contributed by atoms with van der Waals surface area (Å²) in [5.41, 5.74) is 2.03. The molecule has 0 saturated heterocycles. The van der Waals surface area contributed by atoms with E-state index >= 15 is 0 Å². The molecule has 0 N–H and O–H groups in total. The minimum Gasteiger partial charge on any atom is -0.465 e. The van der Waals surface area contributed by atoms with E-state index < -0.39 is 0 Å². The standard InChI is InChI=1S/C21H24ClNO3/c1-14(2)10-12-26-21(25)17-7-4-11-23-18(17)8-9-19(23)20(24)15-5-3-6-16(22)13-15/h3,5-6,8-9,13-14,17H,4,7,10-12H2,1-2H3. The Kier molecular flexibility index (Phi) is 5.82. The summed E-state index contributed by atoms with van der Waals surface area (Å²) in [4.78, 5) is 25.4. The molecule has 1 aliphatic heterocycles. The van der Waals surface area contributed by atoms with Crippen molar-refractivity contribution < 1.29 is 14.3 Å². The number of carbonyl (C=O) groups excluding carboxylic acids is 2. The Morgan fingerprint density at radius 1 is 1.27 bits per heavy atom. The number of rotatable bonds is 6. The second kappa shape index (κ2) is 8.09. The number of ketones is 1. The van der Waals surface area contributed by atoms with Crippen LogP contribution in [0.2, 0.25) is 5.02 Å². The molecule has 0 saturated carbocycles. The molecule has 0 bridgehead atoms. The van der Waals surface area contributed by atoms with E-state index in [1.165, 1.54) is 0 Å². The van der Waals surface area contributed by atoms with Crippen LogP contribution in [0.4, 0.5) is 0 Å². The summed E-state index contributed by atoms with van der Waals surface area (Å²) in [7, 11) is 0. The van der Waals surface area contributed by atoms with E-state index in [0.717, 1.165) is 31.5 Å². The van der Waals surface area contributed by atoms with Crippen molar-refractivity contribution in [3.8, 4) is 0 Å². The number of halogens is 1. The van der Waals surface area contributed by atoms with Gasteiger partial charge in [-0.3, -0.25) is 9.59 Å². The molecule has 1 aromatic carbocycles. The number of hydrogen-bond donors (Lipinski definition) is 0. The van der Waals surface area contributed by atoms with Crippen molar-refractivity contribution in [2.24, 2.45) is 5.92 Å². The predicted octanol–water partition coefficient (Wildman–Crippen LogP) is 4.84. The van der Waals surface area contributed by atoms with Crippen LogP contribution in [-0.2, 0) is 16.1 Å². The van der Waals surface area contributed by atoms with Crippen molar-refractivity contribution in [3.05, 3.63) is 58.4 Å². The number of hydrogen-bond acceptors (Lipinski definition) is 3. The van der Waals surface area contributed by atoms with Crippen LogP contribution in [0.3, 0.4) is 0 Å². The van der Waals surface area contributed by atoms with Crippen LogP contribution >= 0.6 is 11.6 Å². The third-order valence-corrected chi connectivity index (χ3v) is 5.02. The zero-order valence-electron chi connectivity index (χ0n) is 15.2. The first kappa shape index (κ1) is 18.7. The van der Waals surface area contributed by atoms with Crippen molar-refractivity contribution in [1.82, 2.24) is 4.57 Å². The van der Waals surface area contributed by atoms with Gasteiger partial charge in [-0.05, 0) is 49.4 Å². The monoisotopic (exact) mass is 373 g/mol. The van der Waals surface area contributed by atoms with Gasteiger partial charge >= 0.3 is 5.97 Å². The molecule has 4 nitrogen and oxygen atoms in total. The van der Waals surface area contributed by atoms with Gasteiger partial charge in [-0.1, -0.05) is 37.6 Å². The zero-order chi connectivity index (χ0) is 18.7. The van der Waals surface area contributed by atoms with Gasteiger partial charge in [-0.15, -0.1) is 0 Å². The van der Waals surface area contributed by atoms with E-state index in [4.69, 9.17) is 16.3 Å². The van der Waals surface area contributed by atoms with Crippen molar-refractivity contribution in [3.63, 3.8) is 0 Å². The van der Waals surface area contributed by atoms with Gasteiger partial charge in [-0.2, -0.15) is 0 Å². The molecule has 0 spiro atoms. The first-order chi connectivity index (χ1) is 12.5. The van der Waals surface area contributed by atoms with Crippen LogP contribution in [0.25, 0.3) is 0 Å². The Hall–Kier alpha value is -2.07. The molecule has 2 aromatic rings. The summed E-state index contributed by atoms with van der Waals surface area (Å²) in [6, 6.07) is 10.6. The highest BCUT2D eigenvalue weighted by atomic mass is 35.5. The summed E-state index contributed by atoms with van der Waals surface area (Å²) in [6.07, 6.45) is 2.47. The minimum atomic E-state index is -0.295. The lowest BCUT2D eigenvalue weighted by Crippen LogP contribution is -2.26. The van der Waals surface area contributed by atoms with Crippen molar-refractivity contribution in [1.29, 1.82) is 0 Å². The van der Waals surface area contributed by atoms with E-state index in [-0.39, 0.29) is 17.7 Å². The van der Waals surface area contributed by atoms with Crippen LogP contribution in [0.15, 0.2) is 36.4 Å². The molecule has 1 aromatic heterocycles. The van der Waals surface area contributed by atoms with Gasteiger partial charge in [-0.25, -0.2) is 0 Å². The Balaban J connectivity index is 1.80. The molecule has 138 valence electrons. The molecule has 1 unspecified atom stereocenters. The molecule has 1 atom stereocenters. The molecule has 0 radical (unpaired) electrons. The largest absolute Gasteiger partial charge is 0.465 e. The topological polar surface area (TPSA) is 48.3 Å². The van der Waals surface area contributed by atoms with Crippen molar-refractivity contribution >= 4 is 23.4 Å². The van der Waals surface area contributed by atoms with E-state index in [2.05, 4.69) is 13.8 Å². The second-order valence-electron chi connectivity index (χ2n) is 7.18. The first-order valence-electron chi connectivity index (χ1n) is 9.13. The van der Waals surface area contributed by atoms with Crippen molar-refractivity contribution in [2.75, 3.05) is 6.61 Å². The Morgan fingerprint density at radius 3 is 2.81 bits per heavy atom.